The summed E-state index contributed by atoms with van der Waals surface area (Å²) in [6, 6.07) is 11.2. The number of amidine groups is 1. The number of aromatic nitrogens is 2. The van der Waals surface area contributed by atoms with E-state index >= 15 is 0 Å². The number of aliphatic imine (C=N–C) groups is 1. The van der Waals surface area contributed by atoms with Crippen LogP contribution in [0.2, 0.25) is 0 Å². The van der Waals surface area contributed by atoms with Crippen molar-refractivity contribution >= 4 is 11.8 Å². The summed E-state index contributed by atoms with van der Waals surface area (Å²) in [5.41, 5.74) is 10.8. The van der Waals surface area contributed by atoms with E-state index in [1.54, 1.807) is 0 Å². The third kappa shape index (κ3) is 6.52. The van der Waals surface area contributed by atoms with Crippen LogP contribution in [-0.2, 0) is 13.6 Å². The molecule has 2 fully saturated rings. The van der Waals surface area contributed by atoms with Gasteiger partial charge in [-0.2, -0.15) is 4.99 Å². The van der Waals surface area contributed by atoms with Crippen molar-refractivity contribution in [3.63, 3.8) is 0 Å². The lowest BCUT2D eigenvalue weighted by Gasteiger charge is -2.32. The van der Waals surface area contributed by atoms with Crippen molar-refractivity contribution in [1.29, 1.82) is 0 Å². The number of nitrogens with zero attached hydrogens (tertiary/aromatic N) is 6. The van der Waals surface area contributed by atoms with Crippen LogP contribution in [0.5, 0.6) is 0 Å². The van der Waals surface area contributed by atoms with Gasteiger partial charge in [0.2, 0.25) is 5.95 Å². The van der Waals surface area contributed by atoms with E-state index in [0.717, 1.165) is 61.2 Å². The highest BCUT2D eigenvalue weighted by atomic mass is 15.4. The van der Waals surface area contributed by atoms with Gasteiger partial charge in [0.05, 0.1) is 5.69 Å². The summed E-state index contributed by atoms with van der Waals surface area (Å²) in [5.74, 6) is 2.20. The Morgan fingerprint density at radius 3 is 2.62 bits per heavy atom. The van der Waals surface area contributed by atoms with Crippen molar-refractivity contribution in [3.8, 4) is 11.3 Å². The molecule has 2 aromatic rings. The topological polar surface area (TPSA) is 73.1 Å². The normalized spacial score (nSPS) is 19.4. The molecule has 1 saturated carbocycles. The first-order valence-electron chi connectivity index (χ1n) is 12.6. The molecule has 1 aromatic carbocycles. The number of hydrazine groups is 1. The van der Waals surface area contributed by atoms with Gasteiger partial charge < -0.3 is 10.3 Å². The molecule has 0 spiro atoms. The SMILES string of the molecule is CCN=c1cc(-c2cccc(CN3CCN(C)CC3)c2)nc(/N=C(\C)NNC(C)C2CC2)n1C. The van der Waals surface area contributed by atoms with Crippen LogP contribution in [0.4, 0.5) is 5.95 Å². The van der Waals surface area contributed by atoms with Crippen molar-refractivity contribution in [1.82, 2.24) is 30.2 Å². The summed E-state index contributed by atoms with van der Waals surface area (Å²) in [5, 5.41) is 0. The van der Waals surface area contributed by atoms with Crippen molar-refractivity contribution in [3.05, 3.63) is 41.4 Å². The van der Waals surface area contributed by atoms with Crippen molar-refractivity contribution in [2.45, 2.75) is 46.2 Å². The molecule has 8 heteroatoms. The van der Waals surface area contributed by atoms with Crippen molar-refractivity contribution in [2.75, 3.05) is 39.8 Å². The molecule has 4 rings (SSSR count). The van der Waals surface area contributed by atoms with Crippen LogP contribution in [0.25, 0.3) is 11.3 Å². The summed E-state index contributed by atoms with van der Waals surface area (Å²) >= 11 is 0. The third-order valence-corrected chi connectivity index (χ3v) is 6.75. The number of nitrogens with one attached hydrogen (secondary N) is 2. The molecule has 1 saturated heterocycles. The highest BCUT2D eigenvalue weighted by molar-refractivity contribution is 5.81. The van der Waals surface area contributed by atoms with E-state index in [2.05, 4.69) is 71.9 Å². The number of benzene rings is 1. The van der Waals surface area contributed by atoms with Crippen LogP contribution in [0.15, 0.2) is 40.3 Å². The van der Waals surface area contributed by atoms with Gasteiger partial charge in [-0.1, -0.05) is 18.2 Å². The van der Waals surface area contributed by atoms with Crippen LogP contribution in [0, 0.1) is 5.92 Å². The lowest BCUT2D eigenvalue weighted by molar-refractivity contribution is 0.148. The molecule has 2 N–H and O–H groups in total. The second-order valence-electron chi connectivity index (χ2n) is 9.71. The van der Waals surface area contributed by atoms with Gasteiger partial charge in [-0.25, -0.2) is 10.4 Å². The molecule has 1 aromatic heterocycles. The number of hydrogen-bond acceptors (Lipinski definition) is 6. The zero-order valence-electron chi connectivity index (χ0n) is 21.4. The minimum Gasteiger partial charge on any atom is -0.309 e. The van der Waals surface area contributed by atoms with E-state index in [-0.39, 0.29) is 0 Å². The Morgan fingerprint density at radius 2 is 1.91 bits per heavy atom. The molecule has 2 aliphatic rings. The first-order chi connectivity index (χ1) is 16.4. The van der Waals surface area contributed by atoms with E-state index in [1.807, 2.05) is 18.5 Å². The van der Waals surface area contributed by atoms with Crippen LogP contribution < -0.4 is 16.3 Å². The van der Waals surface area contributed by atoms with Crippen LogP contribution in [0.1, 0.15) is 39.2 Å². The molecule has 184 valence electrons. The molecule has 1 unspecified atom stereocenters. The molecule has 1 aliphatic carbocycles. The van der Waals surface area contributed by atoms with E-state index in [4.69, 9.17) is 15.0 Å². The molecule has 1 aliphatic heterocycles. The van der Waals surface area contributed by atoms with E-state index in [1.165, 1.54) is 18.4 Å². The number of likely N-dealkylation sites (N-methyl/N-ethyl adjacent to an activating group) is 1. The molecule has 0 amide bonds. The molecule has 1 atom stereocenters. The monoisotopic (exact) mass is 464 g/mol. The Morgan fingerprint density at radius 1 is 1.15 bits per heavy atom. The van der Waals surface area contributed by atoms with Gasteiger partial charge in [-0.3, -0.25) is 14.5 Å². The highest BCUT2D eigenvalue weighted by Gasteiger charge is 2.27. The summed E-state index contributed by atoms with van der Waals surface area (Å²) in [6.07, 6.45) is 2.61. The average Bonchev–Trinajstić information content (AvgIpc) is 3.67. The fourth-order valence-electron chi connectivity index (χ4n) is 4.30. The van der Waals surface area contributed by atoms with Gasteiger partial charge in [0.1, 0.15) is 11.3 Å². The predicted molar refractivity (Wildman–Crippen MR) is 139 cm³/mol. The molecular weight excluding hydrogens is 424 g/mol. The molecule has 34 heavy (non-hydrogen) atoms. The Labute approximate surface area is 203 Å². The third-order valence-electron chi connectivity index (χ3n) is 6.75. The van der Waals surface area contributed by atoms with Crippen LogP contribution in [-0.4, -0.2) is 71.0 Å². The highest BCUT2D eigenvalue weighted by Crippen LogP contribution is 2.31. The number of piperazine rings is 1. The Hall–Kier alpha value is -2.55. The fraction of sp³-hybridized carbons (Fsp3) is 0.577. The summed E-state index contributed by atoms with van der Waals surface area (Å²) in [4.78, 5) is 19.3. The number of hydrogen-bond donors (Lipinski definition) is 2. The lowest BCUT2D eigenvalue weighted by Crippen LogP contribution is -2.43. The van der Waals surface area contributed by atoms with E-state index in [9.17, 15) is 0 Å². The van der Waals surface area contributed by atoms with Gasteiger partial charge in [-0.15, -0.1) is 0 Å². The van der Waals surface area contributed by atoms with Gasteiger partial charge in [0.15, 0.2) is 0 Å². The van der Waals surface area contributed by atoms with Gasteiger partial charge in [0, 0.05) is 64.0 Å². The predicted octanol–water partition coefficient (Wildman–Crippen LogP) is 2.70. The standard InChI is InChI=1S/C26H40N8/c1-6-27-25-17-24(23-9-7-8-21(16-23)18-34-14-12-32(4)13-15-34)29-26(33(25)5)28-20(3)31-30-19(2)22-10-11-22/h7-9,16-17,19,22,30H,6,10-15,18H2,1-5H3,(H,28,29,31). The Kier molecular flexibility index (Phi) is 8.13. The number of rotatable bonds is 8. The Balaban J connectivity index is 1.57. The van der Waals surface area contributed by atoms with Crippen molar-refractivity contribution < 1.29 is 0 Å². The maximum Gasteiger partial charge on any atom is 0.233 e. The summed E-state index contributed by atoms with van der Waals surface area (Å²) in [7, 11) is 4.17. The van der Waals surface area contributed by atoms with Crippen LogP contribution >= 0.6 is 0 Å². The molecular formula is C26H40N8. The zero-order valence-corrected chi connectivity index (χ0v) is 21.4. The first kappa shape index (κ1) is 24.6. The van der Waals surface area contributed by atoms with Gasteiger partial charge in [0.25, 0.3) is 0 Å². The summed E-state index contributed by atoms with van der Waals surface area (Å²) in [6.45, 7) is 12.4. The fourth-order valence-corrected chi connectivity index (χ4v) is 4.30. The van der Waals surface area contributed by atoms with Gasteiger partial charge in [-0.05, 0) is 58.2 Å². The zero-order chi connectivity index (χ0) is 24.1. The maximum absolute atomic E-state index is 4.93. The smallest absolute Gasteiger partial charge is 0.233 e. The first-order valence-corrected chi connectivity index (χ1v) is 12.6. The van der Waals surface area contributed by atoms with Crippen LogP contribution in [0.3, 0.4) is 0 Å². The minimum absolute atomic E-state index is 0.437. The minimum atomic E-state index is 0.437. The largest absolute Gasteiger partial charge is 0.309 e. The van der Waals surface area contributed by atoms with Crippen molar-refractivity contribution in [2.24, 2.45) is 23.0 Å². The average molecular weight is 465 g/mol. The quantitative estimate of drug-likeness (QED) is 0.357. The van der Waals surface area contributed by atoms with E-state index < -0.39 is 0 Å². The molecule has 0 radical (unpaired) electrons. The lowest BCUT2D eigenvalue weighted by atomic mass is 10.1. The molecule has 2 heterocycles. The second kappa shape index (κ2) is 11.3. The van der Waals surface area contributed by atoms with Gasteiger partial charge >= 0.3 is 0 Å². The molecule has 8 nitrogen and oxygen atoms in total. The second-order valence-corrected chi connectivity index (χ2v) is 9.71. The molecule has 0 bridgehead atoms. The summed E-state index contributed by atoms with van der Waals surface area (Å²) < 4.78 is 1.95. The maximum atomic E-state index is 4.93. The van der Waals surface area contributed by atoms with E-state index in [0.29, 0.717) is 18.5 Å². The Bertz CT molecular complexity index is 1060.